The fourth-order valence-electron chi connectivity index (χ4n) is 2.59. The summed E-state index contributed by atoms with van der Waals surface area (Å²) in [6, 6.07) is 11.7. The second-order valence-electron chi connectivity index (χ2n) is 5.40. The van der Waals surface area contributed by atoms with E-state index in [0.717, 1.165) is 11.5 Å². The third-order valence-electron chi connectivity index (χ3n) is 3.68. The molecule has 0 aliphatic carbocycles. The summed E-state index contributed by atoms with van der Waals surface area (Å²) in [5.41, 5.74) is 7.08. The van der Waals surface area contributed by atoms with Gasteiger partial charge in [-0.05, 0) is 44.2 Å². The minimum atomic E-state index is -0.444. The van der Waals surface area contributed by atoms with E-state index in [1.807, 2.05) is 38.1 Å². The molecule has 0 fully saturated rings. The van der Waals surface area contributed by atoms with Crippen LogP contribution in [-0.2, 0) is 0 Å². The van der Waals surface area contributed by atoms with Crippen LogP contribution in [0.4, 0.5) is 11.4 Å². The van der Waals surface area contributed by atoms with Crippen molar-refractivity contribution < 1.29 is 13.8 Å². The minimum absolute atomic E-state index is 0.0224. The molecule has 0 aliphatic rings. The Kier molecular flexibility index (Phi) is 3.65. The van der Waals surface area contributed by atoms with Crippen molar-refractivity contribution in [2.45, 2.75) is 19.8 Å². The summed E-state index contributed by atoms with van der Waals surface area (Å²) in [6.45, 7) is 3.68. The molecule has 0 spiro atoms. The highest BCUT2D eigenvalue weighted by Crippen LogP contribution is 2.38. The second-order valence-corrected chi connectivity index (χ2v) is 5.40. The highest BCUT2D eigenvalue weighted by atomic mass is 16.6. The molecule has 0 aliphatic heterocycles. The zero-order valence-electron chi connectivity index (χ0n) is 12.8. The molecule has 0 amide bonds. The number of benzene rings is 1. The number of hydrogen-bond acceptors (Lipinski definition) is 5. The average Bonchev–Trinajstić information content (AvgIpc) is 3.10. The summed E-state index contributed by atoms with van der Waals surface area (Å²) in [7, 11) is 0. The molecule has 0 unspecified atom stereocenters. The van der Waals surface area contributed by atoms with Gasteiger partial charge in [-0.3, -0.25) is 10.1 Å². The molecule has 3 aromatic rings. The Balaban J connectivity index is 2.19. The molecule has 0 radical (unpaired) electrons. The van der Waals surface area contributed by atoms with E-state index >= 15 is 0 Å². The number of hydrogen-bond donors (Lipinski definition) is 1. The number of anilines is 1. The van der Waals surface area contributed by atoms with Gasteiger partial charge in [-0.2, -0.15) is 0 Å². The van der Waals surface area contributed by atoms with Crippen LogP contribution in [0.25, 0.3) is 0 Å². The van der Waals surface area contributed by atoms with Gasteiger partial charge in [0.1, 0.15) is 29.0 Å². The topological polar surface area (TPSA) is 95.4 Å². The van der Waals surface area contributed by atoms with Crippen molar-refractivity contribution in [3.63, 3.8) is 0 Å². The van der Waals surface area contributed by atoms with E-state index < -0.39 is 10.8 Å². The lowest BCUT2D eigenvalue weighted by atomic mass is 9.92. The van der Waals surface area contributed by atoms with Crippen LogP contribution < -0.4 is 5.73 Å². The molecule has 0 bridgehead atoms. The Morgan fingerprint density at radius 3 is 2.00 bits per heavy atom. The third-order valence-corrected chi connectivity index (χ3v) is 3.68. The molecular weight excluding hydrogens is 296 g/mol. The Hall–Kier alpha value is -3.02. The Morgan fingerprint density at radius 1 is 1.00 bits per heavy atom. The quantitative estimate of drug-likeness (QED) is 0.443. The van der Waals surface area contributed by atoms with Crippen LogP contribution in [0.5, 0.6) is 0 Å². The largest absolute Gasteiger partial charge is 0.465 e. The lowest BCUT2D eigenvalue weighted by Gasteiger charge is -2.15. The van der Waals surface area contributed by atoms with Crippen LogP contribution in [0.15, 0.2) is 51.3 Å². The lowest BCUT2D eigenvalue weighted by Crippen LogP contribution is -2.06. The number of nitro benzene ring substituents is 1. The standard InChI is InChI=1S/C17H16N2O4/c1-10-3-7-15(22-10)17(16-8-4-11(2)23-16)13-9-12(19(20)21)5-6-14(13)18/h3-9,17H,18H2,1-2H3. The molecule has 2 aromatic heterocycles. The lowest BCUT2D eigenvalue weighted by molar-refractivity contribution is -0.384. The number of nitrogen functional groups attached to an aromatic ring is 1. The van der Waals surface area contributed by atoms with Gasteiger partial charge in [0, 0.05) is 23.4 Å². The maximum absolute atomic E-state index is 11.1. The van der Waals surface area contributed by atoms with Crippen molar-refractivity contribution in [2.75, 3.05) is 5.73 Å². The maximum atomic E-state index is 11.1. The number of nitrogens with two attached hydrogens (primary N) is 1. The fourth-order valence-corrected chi connectivity index (χ4v) is 2.59. The summed E-state index contributed by atoms with van der Waals surface area (Å²) in [6.07, 6.45) is 0. The van der Waals surface area contributed by atoms with Crippen molar-refractivity contribution in [1.29, 1.82) is 0 Å². The van der Waals surface area contributed by atoms with Crippen LogP contribution in [0.3, 0.4) is 0 Å². The monoisotopic (exact) mass is 312 g/mol. The van der Waals surface area contributed by atoms with E-state index in [2.05, 4.69) is 0 Å². The fraction of sp³-hybridized carbons (Fsp3) is 0.176. The van der Waals surface area contributed by atoms with E-state index in [1.165, 1.54) is 18.2 Å². The van der Waals surface area contributed by atoms with Crippen LogP contribution in [-0.4, -0.2) is 4.92 Å². The third kappa shape index (κ3) is 2.83. The van der Waals surface area contributed by atoms with Crippen LogP contribution in [0.2, 0.25) is 0 Å². The Morgan fingerprint density at radius 2 is 1.57 bits per heavy atom. The number of aryl methyl sites for hydroxylation is 2. The van der Waals surface area contributed by atoms with Crippen molar-refractivity contribution in [1.82, 2.24) is 0 Å². The van der Waals surface area contributed by atoms with E-state index in [0.29, 0.717) is 22.8 Å². The summed E-state index contributed by atoms with van der Waals surface area (Å²) < 4.78 is 11.5. The number of furan rings is 2. The molecule has 6 nitrogen and oxygen atoms in total. The van der Waals surface area contributed by atoms with Crippen molar-refractivity contribution in [3.05, 3.63) is 81.2 Å². The summed E-state index contributed by atoms with van der Waals surface area (Å²) in [4.78, 5) is 10.6. The first-order chi connectivity index (χ1) is 11.0. The zero-order valence-corrected chi connectivity index (χ0v) is 12.8. The number of non-ortho nitro benzene ring substituents is 1. The summed E-state index contributed by atoms with van der Waals surface area (Å²) in [5, 5.41) is 11.1. The number of nitro groups is 1. The van der Waals surface area contributed by atoms with Gasteiger partial charge >= 0.3 is 0 Å². The smallest absolute Gasteiger partial charge is 0.269 e. The molecule has 1 aromatic carbocycles. The molecule has 2 N–H and O–H groups in total. The van der Waals surface area contributed by atoms with Crippen molar-refractivity contribution in [3.8, 4) is 0 Å². The van der Waals surface area contributed by atoms with Gasteiger partial charge in [0.25, 0.3) is 5.69 Å². The SMILES string of the molecule is Cc1ccc(C(c2ccc(C)o2)c2cc([N+](=O)[O-])ccc2N)o1. The molecule has 3 rings (SSSR count). The predicted molar refractivity (Wildman–Crippen MR) is 85.3 cm³/mol. The molecule has 6 heteroatoms. The molecule has 23 heavy (non-hydrogen) atoms. The first kappa shape index (κ1) is 14.9. The second kappa shape index (κ2) is 5.64. The maximum Gasteiger partial charge on any atom is 0.269 e. The normalized spacial score (nSPS) is 11.1. The molecule has 0 saturated carbocycles. The van der Waals surface area contributed by atoms with E-state index in [-0.39, 0.29) is 5.69 Å². The summed E-state index contributed by atoms with van der Waals surface area (Å²) in [5.74, 6) is 2.32. The highest BCUT2D eigenvalue weighted by molar-refractivity contribution is 5.58. The first-order valence-electron chi connectivity index (χ1n) is 7.12. The number of rotatable bonds is 4. The van der Waals surface area contributed by atoms with Gasteiger partial charge < -0.3 is 14.6 Å². The van der Waals surface area contributed by atoms with Crippen LogP contribution >= 0.6 is 0 Å². The van der Waals surface area contributed by atoms with E-state index in [1.54, 1.807) is 0 Å². The van der Waals surface area contributed by atoms with Gasteiger partial charge in [-0.25, -0.2) is 0 Å². The highest BCUT2D eigenvalue weighted by Gasteiger charge is 2.27. The Labute approximate surface area is 132 Å². The van der Waals surface area contributed by atoms with Crippen molar-refractivity contribution in [2.24, 2.45) is 0 Å². The molecular formula is C17H16N2O4. The van der Waals surface area contributed by atoms with Gasteiger partial charge in [-0.1, -0.05) is 0 Å². The number of nitrogens with zero attached hydrogens (tertiary/aromatic N) is 1. The predicted octanol–water partition coefficient (Wildman–Crippen LogP) is 4.16. The first-order valence-corrected chi connectivity index (χ1v) is 7.12. The summed E-state index contributed by atoms with van der Waals surface area (Å²) >= 11 is 0. The van der Waals surface area contributed by atoms with Gasteiger partial charge in [0.2, 0.25) is 0 Å². The minimum Gasteiger partial charge on any atom is -0.465 e. The Bertz CT molecular complexity index is 823. The van der Waals surface area contributed by atoms with E-state index in [4.69, 9.17) is 14.6 Å². The van der Waals surface area contributed by atoms with Gasteiger partial charge in [0.05, 0.1) is 4.92 Å². The molecule has 0 saturated heterocycles. The molecule has 2 heterocycles. The van der Waals surface area contributed by atoms with Gasteiger partial charge in [-0.15, -0.1) is 0 Å². The average molecular weight is 312 g/mol. The zero-order chi connectivity index (χ0) is 16.6. The molecule has 118 valence electrons. The van der Waals surface area contributed by atoms with Crippen molar-refractivity contribution >= 4 is 11.4 Å². The van der Waals surface area contributed by atoms with Crippen LogP contribution in [0.1, 0.15) is 34.5 Å². The molecule has 0 atom stereocenters. The van der Waals surface area contributed by atoms with Gasteiger partial charge in [0.15, 0.2) is 0 Å². The van der Waals surface area contributed by atoms with E-state index in [9.17, 15) is 10.1 Å². The van der Waals surface area contributed by atoms with Crippen LogP contribution in [0, 0.1) is 24.0 Å².